The van der Waals surface area contributed by atoms with Gasteiger partial charge in [0.15, 0.2) is 0 Å². The molecule has 0 radical (unpaired) electrons. The summed E-state index contributed by atoms with van der Waals surface area (Å²) in [7, 11) is 1.94. The second kappa shape index (κ2) is 6.43. The molecule has 3 heterocycles. The van der Waals surface area contributed by atoms with E-state index >= 15 is 0 Å². The van der Waals surface area contributed by atoms with E-state index < -0.39 is 0 Å². The van der Waals surface area contributed by atoms with Crippen LogP contribution in [-0.2, 0) is 20.0 Å². The van der Waals surface area contributed by atoms with Crippen LogP contribution in [0.15, 0.2) is 12.5 Å². The van der Waals surface area contributed by atoms with Crippen molar-refractivity contribution in [1.82, 2.24) is 19.5 Å². The van der Waals surface area contributed by atoms with Gasteiger partial charge >= 0.3 is 0 Å². The molecule has 0 amide bonds. The largest absolute Gasteiger partial charge is 0.363 e. The van der Waals surface area contributed by atoms with Gasteiger partial charge in [0.05, 0.1) is 28.8 Å². The van der Waals surface area contributed by atoms with E-state index in [2.05, 4.69) is 27.2 Å². The Bertz CT molecular complexity index is 838. The Morgan fingerprint density at radius 2 is 2.22 bits per heavy atom. The predicted molar refractivity (Wildman–Crippen MR) is 95.1 cm³/mol. The van der Waals surface area contributed by atoms with E-state index in [1.165, 1.54) is 4.88 Å². The Kier molecular flexibility index (Phi) is 4.52. The van der Waals surface area contributed by atoms with Gasteiger partial charge < -0.3 is 15.6 Å². The highest BCUT2D eigenvalue weighted by Gasteiger charge is 2.16. The Balaban J connectivity index is 1.95. The van der Waals surface area contributed by atoms with Crippen molar-refractivity contribution < 1.29 is 0 Å². The first-order chi connectivity index (χ1) is 10.9. The van der Waals surface area contributed by atoms with Crippen LogP contribution in [0.2, 0.25) is 5.28 Å². The van der Waals surface area contributed by atoms with Crippen LogP contribution in [-0.4, -0.2) is 25.6 Å². The van der Waals surface area contributed by atoms with E-state index in [0.717, 1.165) is 33.7 Å². The van der Waals surface area contributed by atoms with E-state index in [9.17, 15) is 0 Å². The lowest BCUT2D eigenvalue weighted by atomic mass is 10.1. The Morgan fingerprint density at radius 3 is 2.87 bits per heavy atom. The molecule has 0 fully saturated rings. The van der Waals surface area contributed by atoms with Gasteiger partial charge in [0.2, 0.25) is 5.28 Å². The van der Waals surface area contributed by atoms with Gasteiger partial charge in [-0.05, 0) is 37.4 Å². The first-order valence-electron chi connectivity index (χ1n) is 7.36. The van der Waals surface area contributed by atoms with Gasteiger partial charge in [0.25, 0.3) is 0 Å². The molecule has 0 aliphatic rings. The van der Waals surface area contributed by atoms with Gasteiger partial charge in [0, 0.05) is 24.2 Å². The highest BCUT2D eigenvalue weighted by atomic mass is 35.5. The van der Waals surface area contributed by atoms with Crippen LogP contribution in [0.4, 0.5) is 5.82 Å². The average molecular weight is 351 g/mol. The van der Waals surface area contributed by atoms with Crippen LogP contribution in [0.25, 0.3) is 10.2 Å². The van der Waals surface area contributed by atoms with E-state index in [-0.39, 0.29) is 11.3 Å². The van der Waals surface area contributed by atoms with Crippen LogP contribution < -0.4 is 11.1 Å². The number of nitrogens with zero attached hydrogens (tertiary/aromatic N) is 4. The van der Waals surface area contributed by atoms with Crippen molar-refractivity contribution in [2.24, 2.45) is 12.8 Å². The lowest BCUT2D eigenvalue weighted by molar-refractivity contribution is 0.744. The van der Waals surface area contributed by atoms with Crippen LogP contribution >= 0.6 is 22.9 Å². The molecular formula is C15H19ClN6S. The second-order valence-electron chi connectivity index (χ2n) is 5.73. The van der Waals surface area contributed by atoms with E-state index in [1.54, 1.807) is 17.7 Å². The van der Waals surface area contributed by atoms with Crippen molar-refractivity contribution in [3.63, 3.8) is 0 Å². The molecular weight excluding hydrogens is 332 g/mol. The van der Waals surface area contributed by atoms with Gasteiger partial charge in [0.1, 0.15) is 5.82 Å². The molecule has 3 rings (SSSR count). The maximum absolute atomic E-state index is 6.09. The topological polar surface area (TPSA) is 81.6 Å². The minimum Gasteiger partial charge on any atom is -0.363 e. The van der Waals surface area contributed by atoms with E-state index in [1.807, 2.05) is 24.7 Å². The first-order valence-corrected chi connectivity index (χ1v) is 8.55. The summed E-state index contributed by atoms with van der Waals surface area (Å²) in [6, 6.07) is 0.107. The molecule has 1 atom stereocenters. The number of anilines is 1. The van der Waals surface area contributed by atoms with Crippen molar-refractivity contribution in [2.75, 3.05) is 5.32 Å². The highest BCUT2D eigenvalue weighted by molar-refractivity contribution is 7.19. The summed E-state index contributed by atoms with van der Waals surface area (Å²) in [6.45, 7) is 4.65. The maximum Gasteiger partial charge on any atom is 0.224 e. The number of rotatable bonds is 5. The molecule has 3 aromatic rings. The van der Waals surface area contributed by atoms with Gasteiger partial charge in [-0.1, -0.05) is 0 Å². The molecule has 8 heteroatoms. The monoisotopic (exact) mass is 350 g/mol. The summed E-state index contributed by atoms with van der Waals surface area (Å²) in [5.74, 6) is 0.745. The number of aromatic nitrogens is 4. The van der Waals surface area contributed by atoms with Gasteiger partial charge in [-0.15, -0.1) is 11.3 Å². The molecule has 122 valence electrons. The molecule has 0 aromatic carbocycles. The zero-order valence-electron chi connectivity index (χ0n) is 13.3. The predicted octanol–water partition coefficient (Wildman–Crippen LogP) is 2.89. The normalized spacial score (nSPS) is 12.7. The second-order valence-corrected chi connectivity index (χ2v) is 7.18. The average Bonchev–Trinajstić information content (AvgIpc) is 3.02. The fraction of sp³-hybridized carbons (Fsp3) is 0.400. The SMILES string of the molecule is Cc1c(C[C@H](C)N)sc2c(NCc3cn(C)cn3)nc(Cl)nc12. The number of fused-ring (bicyclic) bond motifs is 1. The molecule has 3 N–H and O–H groups in total. The summed E-state index contributed by atoms with van der Waals surface area (Å²) >= 11 is 7.77. The summed E-state index contributed by atoms with van der Waals surface area (Å²) in [5.41, 5.74) is 8.91. The van der Waals surface area contributed by atoms with Crippen LogP contribution in [0.5, 0.6) is 0 Å². The number of nitrogens with one attached hydrogen (secondary N) is 1. The molecule has 0 spiro atoms. The Labute approximate surface area is 143 Å². The van der Waals surface area contributed by atoms with Crippen LogP contribution in [0, 0.1) is 6.92 Å². The molecule has 0 saturated carbocycles. The molecule has 0 saturated heterocycles. The van der Waals surface area contributed by atoms with Crippen molar-refractivity contribution in [3.05, 3.63) is 33.9 Å². The Hall–Kier alpha value is -1.70. The number of hydrogen-bond acceptors (Lipinski definition) is 6. The van der Waals surface area contributed by atoms with Crippen molar-refractivity contribution in [1.29, 1.82) is 0 Å². The zero-order valence-corrected chi connectivity index (χ0v) is 14.9. The van der Waals surface area contributed by atoms with E-state index in [4.69, 9.17) is 17.3 Å². The lowest BCUT2D eigenvalue weighted by Gasteiger charge is -2.05. The molecule has 23 heavy (non-hydrogen) atoms. The molecule has 0 aliphatic heterocycles. The summed E-state index contributed by atoms with van der Waals surface area (Å²) in [5, 5.41) is 3.56. The number of thiophene rings is 1. The summed E-state index contributed by atoms with van der Waals surface area (Å²) < 4.78 is 2.92. The van der Waals surface area contributed by atoms with Crippen LogP contribution in [0.1, 0.15) is 23.1 Å². The lowest BCUT2D eigenvalue weighted by Crippen LogP contribution is -2.17. The third kappa shape index (κ3) is 3.46. The number of halogens is 1. The summed E-state index contributed by atoms with van der Waals surface area (Å²) in [4.78, 5) is 14.3. The molecule has 0 aliphatic carbocycles. The van der Waals surface area contributed by atoms with Crippen molar-refractivity contribution in [2.45, 2.75) is 32.9 Å². The smallest absolute Gasteiger partial charge is 0.224 e. The first kappa shape index (κ1) is 16.2. The van der Waals surface area contributed by atoms with Crippen molar-refractivity contribution >= 4 is 39.0 Å². The van der Waals surface area contributed by atoms with Crippen molar-refractivity contribution in [3.8, 4) is 0 Å². The summed E-state index contributed by atoms with van der Waals surface area (Å²) in [6.07, 6.45) is 4.56. The maximum atomic E-state index is 6.09. The fourth-order valence-electron chi connectivity index (χ4n) is 2.45. The zero-order chi connectivity index (χ0) is 16.6. The number of aryl methyl sites for hydroxylation is 2. The number of hydrogen-bond donors (Lipinski definition) is 2. The number of nitrogens with two attached hydrogens (primary N) is 1. The standard InChI is InChI=1S/C15H19ClN6S/c1-8(17)4-11-9(2)12-13(23-11)14(21-15(16)20-12)18-5-10-6-22(3)7-19-10/h6-8H,4-5,17H2,1-3H3,(H,18,20,21)/t8-/m0/s1. The van der Waals surface area contributed by atoms with E-state index in [0.29, 0.717) is 6.54 Å². The quantitative estimate of drug-likeness (QED) is 0.691. The third-order valence-electron chi connectivity index (χ3n) is 3.54. The highest BCUT2D eigenvalue weighted by Crippen LogP contribution is 2.35. The molecule has 0 unspecified atom stereocenters. The molecule has 6 nitrogen and oxygen atoms in total. The minimum absolute atomic E-state index is 0.107. The fourth-order valence-corrected chi connectivity index (χ4v) is 3.97. The third-order valence-corrected chi connectivity index (χ3v) is 5.02. The Morgan fingerprint density at radius 1 is 1.43 bits per heavy atom. The van der Waals surface area contributed by atoms with Gasteiger partial charge in [-0.25, -0.2) is 9.97 Å². The van der Waals surface area contributed by atoms with Gasteiger partial charge in [-0.2, -0.15) is 4.98 Å². The minimum atomic E-state index is 0.107. The molecule has 3 aromatic heterocycles. The van der Waals surface area contributed by atoms with Crippen LogP contribution in [0.3, 0.4) is 0 Å². The van der Waals surface area contributed by atoms with Gasteiger partial charge in [-0.3, -0.25) is 0 Å². The molecule has 0 bridgehead atoms. The number of imidazole rings is 1.